The van der Waals surface area contributed by atoms with Crippen LogP contribution in [0.4, 0.5) is 8.78 Å². The van der Waals surface area contributed by atoms with E-state index >= 15 is 0 Å². The van der Waals surface area contributed by atoms with Crippen LogP contribution < -0.4 is 0 Å². The summed E-state index contributed by atoms with van der Waals surface area (Å²) < 4.78 is 29.9. The second kappa shape index (κ2) is 4.50. The third-order valence-corrected chi connectivity index (χ3v) is 1.56. The van der Waals surface area contributed by atoms with Gasteiger partial charge in [-0.1, -0.05) is 0 Å². The van der Waals surface area contributed by atoms with Crippen LogP contribution in [0.2, 0.25) is 0 Å². The predicted molar refractivity (Wildman–Crippen MR) is 47.4 cm³/mol. The summed E-state index contributed by atoms with van der Waals surface area (Å²) in [5.74, 6) is -1.77. The van der Waals surface area contributed by atoms with Gasteiger partial charge in [0.15, 0.2) is 0 Å². The van der Waals surface area contributed by atoms with E-state index in [-0.39, 0.29) is 5.56 Å². The number of carbonyl (C=O) groups excluding carboxylic acids is 1. The fourth-order valence-corrected chi connectivity index (χ4v) is 0.868. The highest BCUT2D eigenvalue weighted by Crippen LogP contribution is 2.11. The Labute approximate surface area is 79.8 Å². The predicted octanol–water partition coefficient (Wildman–Crippen LogP) is 2.15. The van der Waals surface area contributed by atoms with Crippen molar-refractivity contribution < 1.29 is 18.3 Å². The molecule has 0 fully saturated rings. The molecule has 0 aliphatic heterocycles. The van der Waals surface area contributed by atoms with Crippen molar-refractivity contribution in [2.75, 3.05) is 7.11 Å². The van der Waals surface area contributed by atoms with E-state index < -0.39 is 17.6 Å². The molecule has 14 heavy (non-hydrogen) atoms. The van der Waals surface area contributed by atoms with E-state index in [0.29, 0.717) is 0 Å². The van der Waals surface area contributed by atoms with Crippen LogP contribution in [0.25, 0.3) is 6.08 Å². The molecule has 1 aromatic rings. The summed E-state index contributed by atoms with van der Waals surface area (Å²) in [6.45, 7) is 0. The molecule has 0 amide bonds. The Morgan fingerprint density at radius 1 is 1.43 bits per heavy atom. The molecule has 74 valence electrons. The lowest BCUT2D eigenvalue weighted by molar-refractivity contribution is -0.134. The summed E-state index contributed by atoms with van der Waals surface area (Å²) in [6, 6.07) is 2.99. The van der Waals surface area contributed by atoms with Crippen LogP contribution >= 0.6 is 0 Å². The highest BCUT2D eigenvalue weighted by Gasteiger charge is 2.00. The van der Waals surface area contributed by atoms with Crippen molar-refractivity contribution in [1.29, 1.82) is 0 Å². The molecule has 0 N–H and O–H groups in total. The first kappa shape index (κ1) is 10.4. The zero-order chi connectivity index (χ0) is 10.6. The molecule has 2 nitrogen and oxygen atoms in total. The number of esters is 1. The lowest BCUT2D eigenvalue weighted by atomic mass is 10.2. The van der Waals surface area contributed by atoms with Gasteiger partial charge in [0, 0.05) is 11.6 Å². The zero-order valence-electron chi connectivity index (χ0n) is 7.46. The van der Waals surface area contributed by atoms with Crippen LogP contribution in [0.5, 0.6) is 0 Å². The van der Waals surface area contributed by atoms with E-state index in [4.69, 9.17) is 0 Å². The molecule has 0 saturated heterocycles. The van der Waals surface area contributed by atoms with Crippen LogP contribution in [0.3, 0.4) is 0 Å². The zero-order valence-corrected chi connectivity index (χ0v) is 7.46. The van der Waals surface area contributed by atoms with Gasteiger partial charge in [-0.15, -0.1) is 0 Å². The standard InChI is InChI=1S/C10H8F2O2/c1-14-10(13)5-2-7-6-8(11)3-4-9(7)12/h2-6H,1H3/b5-2+. The molecule has 0 atom stereocenters. The molecule has 0 bridgehead atoms. The summed E-state index contributed by atoms with van der Waals surface area (Å²) in [5, 5.41) is 0. The molecule has 1 aromatic carbocycles. The van der Waals surface area contributed by atoms with E-state index in [1.54, 1.807) is 0 Å². The largest absolute Gasteiger partial charge is 0.466 e. The fourth-order valence-electron chi connectivity index (χ4n) is 0.868. The molecule has 0 aromatic heterocycles. The number of rotatable bonds is 2. The fraction of sp³-hybridized carbons (Fsp3) is 0.100. The van der Waals surface area contributed by atoms with Gasteiger partial charge in [0.25, 0.3) is 0 Å². The molecular weight excluding hydrogens is 190 g/mol. The highest BCUT2D eigenvalue weighted by molar-refractivity contribution is 5.86. The maximum Gasteiger partial charge on any atom is 0.330 e. The minimum atomic E-state index is -0.617. The molecule has 0 spiro atoms. The van der Waals surface area contributed by atoms with Crippen LogP contribution in [-0.2, 0) is 9.53 Å². The molecule has 0 heterocycles. The number of hydrogen-bond donors (Lipinski definition) is 0. The Kier molecular flexibility index (Phi) is 3.34. The van der Waals surface area contributed by atoms with Gasteiger partial charge < -0.3 is 4.74 Å². The van der Waals surface area contributed by atoms with Crippen molar-refractivity contribution in [3.8, 4) is 0 Å². The second-order valence-electron chi connectivity index (χ2n) is 2.52. The first-order valence-electron chi connectivity index (χ1n) is 3.84. The Balaban J connectivity index is 2.90. The molecule has 0 aliphatic rings. The van der Waals surface area contributed by atoms with E-state index in [2.05, 4.69) is 4.74 Å². The van der Waals surface area contributed by atoms with Gasteiger partial charge in [-0.3, -0.25) is 0 Å². The van der Waals surface area contributed by atoms with Crippen molar-refractivity contribution in [3.63, 3.8) is 0 Å². The maximum absolute atomic E-state index is 13.0. The molecule has 0 aliphatic carbocycles. The lowest BCUT2D eigenvalue weighted by Crippen LogP contribution is -1.94. The maximum atomic E-state index is 13.0. The van der Waals surface area contributed by atoms with Crippen molar-refractivity contribution >= 4 is 12.0 Å². The van der Waals surface area contributed by atoms with E-state index in [9.17, 15) is 13.6 Å². The van der Waals surface area contributed by atoms with Crippen LogP contribution in [0.15, 0.2) is 24.3 Å². The molecule has 0 radical (unpaired) electrons. The van der Waals surface area contributed by atoms with Crippen LogP contribution in [0.1, 0.15) is 5.56 Å². The SMILES string of the molecule is COC(=O)/C=C/c1cc(F)ccc1F. The van der Waals surface area contributed by atoms with E-state index in [1.807, 2.05) is 0 Å². The number of halogens is 2. The number of carbonyl (C=O) groups is 1. The van der Waals surface area contributed by atoms with Gasteiger partial charge in [-0.25, -0.2) is 13.6 Å². The van der Waals surface area contributed by atoms with Crippen molar-refractivity contribution in [3.05, 3.63) is 41.5 Å². The third kappa shape index (κ3) is 2.65. The van der Waals surface area contributed by atoms with Crippen molar-refractivity contribution in [1.82, 2.24) is 0 Å². The quantitative estimate of drug-likeness (QED) is 0.537. The second-order valence-corrected chi connectivity index (χ2v) is 2.52. The van der Waals surface area contributed by atoms with Gasteiger partial charge in [-0.05, 0) is 24.3 Å². The smallest absolute Gasteiger partial charge is 0.330 e. The number of benzene rings is 1. The Bertz CT molecular complexity index is 372. The minimum absolute atomic E-state index is 0.00963. The van der Waals surface area contributed by atoms with Gasteiger partial charge in [-0.2, -0.15) is 0 Å². The Hall–Kier alpha value is -1.71. The van der Waals surface area contributed by atoms with Gasteiger partial charge in [0.05, 0.1) is 7.11 Å². The molecule has 0 saturated carbocycles. The summed E-state index contributed by atoms with van der Waals surface area (Å²) in [6.07, 6.45) is 2.18. The molecule has 0 unspecified atom stereocenters. The topological polar surface area (TPSA) is 26.3 Å². The summed E-state index contributed by atoms with van der Waals surface area (Å²) >= 11 is 0. The third-order valence-electron chi connectivity index (χ3n) is 1.56. The minimum Gasteiger partial charge on any atom is -0.466 e. The summed E-state index contributed by atoms with van der Waals surface area (Å²) in [7, 11) is 1.20. The summed E-state index contributed by atoms with van der Waals surface area (Å²) in [4.78, 5) is 10.7. The average Bonchev–Trinajstić information content (AvgIpc) is 2.19. The first-order valence-corrected chi connectivity index (χ1v) is 3.84. The number of ether oxygens (including phenoxy) is 1. The van der Waals surface area contributed by atoms with E-state index in [1.165, 1.54) is 7.11 Å². The van der Waals surface area contributed by atoms with Crippen molar-refractivity contribution in [2.24, 2.45) is 0 Å². The normalized spacial score (nSPS) is 10.5. The van der Waals surface area contributed by atoms with Crippen LogP contribution in [-0.4, -0.2) is 13.1 Å². The highest BCUT2D eigenvalue weighted by atomic mass is 19.1. The van der Waals surface area contributed by atoms with Gasteiger partial charge in [0.1, 0.15) is 11.6 Å². The number of methoxy groups -OCH3 is 1. The van der Waals surface area contributed by atoms with Crippen molar-refractivity contribution in [2.45, 2.75) is 0 Å². The molecule has 4 heteroatoms. The Morgan fingerprint density at radius 2 is 2.14 bits per heavy atom. The number of hydrogen-bond acceptors (Lipinski definition) is 2. The molecule has 1 rings (SSSR count). The Morgan fingerprint density at radius 3 is 2.79 bits per heavy atom. The first-order chi connectivity index (χ1) is 6.63. The van der Waals surface area contributed by atoms with Gasteiger partial charge in [0.2, 0.25) is 0 Å². The average molecular weight is 198 g/mol. The monoisotopic (exact) mass is 198 g/mol. The van der Waals surface area contributed by atoms with Crippen LogP contribution in [0, 0.1) is 11.6 Å². The van der Waals surface area contributed by atoms with Gasteiger partial charge >= 0.3 is 5.97 Å². The van der Waals surface area contributed by atoms with E-state index in [0.717, 1.165) is 30.4 Å². The summed E-state index contributed by atoms with van der Waals surface area (Å²) in [5.41, 5.74) is 0.00963. The lowest BCUT2D eigenvalue weighted by Gasteiger charge is -1.96. The molecular formula is C10H8F2O2.